The van der Waals surface area contributed by atoms with Crippen molar-refractivity contribution >= 4 is 22.9 Å². The lowest BCUT2D eigenvalue weighted by molar-refractivity contribution is 0.149. The van der Waals surface area contributed by atoms with E-state index in [0.29, 0.717) is 29.6 Å². The molecule has 0 unspecified atom stereocenters. The van der Waals surface area contributed by atoms with E-state index in [4.69, 9.17) is 15.3 Å². The summed E-state index contributed by atoms with van der Waals surface area (Å²) in [5, 5.41) is 7.18. The smallest absolute Gasteiger partial charge is 0.233 e. The third-order valence-corrected chi connectivity index (χ3v) is 3.62. The predicted molar refractivity (Wildman–Crippen MR) is 97.0 cm³/mol. The topological polar surface area (TPSA) is 110 Å². The minimum Gasteiger partial charge on any atom is -0.435 e. The van der Waals surface area contributed by atoms with Gasteiger partial charge >= 0.3 is 0 Å². The van der Waals surface area contributed by atoms with Gasteiger partial charge in [-0.1, -0.05) is 5.16 Å². The van der Waals surface area contributed by atoms with E-state index in [9.17, 15) is 4.39 Å². The van der Waals surface area contributed by atoms with Gasteiger partial charge in [0.25, 0.3) is 0 Å². The van der Waals surface area contributed by atoms with Crippen LogP contribution in [0.5, 0.6) is 11.6 Å². The zero-order chi connectivity index (χ0) is 18.5. The first-order valence-electron chi connectivity index (χ1n) is 7.96. The number of rotatable bonds is 7. The molecule has 3 rings (SSSR count). The number of aryl methyl sites for hydroxylation is 1. The fraction of sp³-hybridized carbons (Fsp3) is 0.235. The Morgan fingerprint density at radius 2 is 2.23 bits per heavy atom. The number of nitrogens with zero attached hydrogens (tertiary/aromatic N) is 3. The SMILES string of the molecule is CNCCON=Cc1c(N)ncnc1Oc1ccc2[nH]c(C)cc2c1F. The van der Waals surface area contributed by atoms with Crippen LogP contribution < -0.4 is 15.8 Å². The molecule has 2 heterocycles. The van der Waals surface area contributed by atoms with Gasteiger partial charge in [0.05, 0.1) is 6.21 Å². The van der Waals surface area contributed by atoms with Crippen molar-refractivity contribution in [1.29, 1.82) is 0 Å². The van der Waals surface area contributed by atoms with Crippen LogP contribution in [-0.2, 0) is 4.84 Å². The van der Waals surface area contributed by atoms with Gasteiger partial charge in [0, 0.05) is 23.1 Å². The first kappa shape index (κ1) is 17.6. The molecule has 0 fully saturated rings. The van der Waals surface area contributed by atoms with Crippen LogP contribution in [0, 0.1) is 12.7 Å². The van der Waals surface area contributed by atoms with Crippen molar-refractivity contribution in [3.8, 4) is 11.6 Å². The standard InChI is InChI=1S/C17H19FN6O2/c1-10-7-11-13(24-10)3-4-14(15(11)18)26-17-12(16(19)21-9-22-17)8-23-25-6-5-20-2/h3-4,7-9,20,24H,5-6H2,1-2H3,(H2,19,21,22). The number of oxime groups is 1. The van der Waals surface area contributed by atoms with Crippen molar-refractivity contribution in [3.63, 3.8) is 0 Å². The van der Waals surface area contributed by atoms with Gasteiger partial charge in [-0.2, -0.15) is 0 Å². The molecule has 0 amide bonds. The first-order valence-corrected chi connectivity index (χ1v) is 7.96. The van der Waals surface area contributed by atoms with Crippen LogP contribution in [0.3, 0.4) is 0 Å². The van der Waals surface area contributed by atoms with Crippen molar-refractivity contribution in [3.05, 3.63) is 41.6 Å². The summed E-state index contributed by atoms with van der Waals surface area (Å²) < 4.78 is 20.3. The van der Waals surface area contributed by atoms with Gasteiger partial charge in [0.15, 0.2) is 11.6 Å². The average Bonchev–Trinajstić information content (AvgIpc) is 3.00. The monoisotopic (exact) mass is 358 g/mol. The summed E-state index contributed by atoms with van der Waals surface area (Å²) in [5.74, 6) is -0.226. The van der Waals surface area contributed by atoms with Crippen molar-refractivity contribution in [1.82, 2.24) is 20.3 Å². The van der Waals surface area contributed by atoms with Crippen molar-refractivity contribution in [2.75, 3.05) is 25.9 Å². The van der Waals surface area contributed by atoms with Gasteiger partial charge in [0.2, 0.25) is 5.88 Å². The zero-order valence-electron chi connectivity index (χ0n) is 14.4. The van der Waals surface area contributed by atoms with Gasteiger partial charge < -0.3 is 25.6 Å². The largest absolute Gasteiger partial charge is 0.435 e. The third kappa shape index (κ3) is 3.72. The van der Waals surface area contributed by atoms with Crippen molar-refractivity contribution in [2.24, 2.45) is 5.16 Å². The lowest BCUT2D eigenvalue weighted by Crippen LogP contribution is -2.12. The second-order valence-corrected chi connectivity index (χ2v) is 5.54. The Hall–Kier alpha value is -3.20. The predicted octanol–water partition coefficient (Wildman–Crippen LogP) is 2.35. The van der Waals surface area contributed by atoms with Gasteiger partial charge in [0.1, 0.15) is 24.3 Å². The van der Waals surface area contributed by atoms with Gasteiger partial charge in [-0.15, -0.1) is 0 Å². The van der Waals surface area contributed by atoms with Crippen LogP contribution in [0.25, 0.3) is 10.9 Å². The molecule has 0 aliphatic rings. The Kier molecular flexibility index (Phi) is 5.28. The maximum atomic E-state index is 14.7. The molecule has 4 N–H and O–H groups in total. The molecule has 0 spiro atoms. The van der Waals surface area contributed by atoms with Gasteiger partial charge in [-0.3, -0.25) is 0 Å². The van der Waals surface area contributed by atoms with Crippen LogP contribution in [0.4, 0.5) is 10.2 Å². The highest BCUT2D eigenvalue weighted by molar-refractivity contribution is 5.88. The number of nitrogens with two attached hydrogens (primary N) is 1. The number of likely N-dealkylation sites (N-methyl/N-ethyl adjacent to an activating group) is 1. The number of nitrogen functional groups attached to an aromatic ring is 1. The van der Waals surface area contributed by atoms with Crippen molar-refractivity contribution < 1.29 is 14.0 Å². The molecule has 2 aromatic heterocycles. The van der Waals surface area contributed by atoms with E-state index in [2.05, 4.69) is 25.4 Å². The Balaban J connectivity index is 1.88. The minimum atomic E-state index is -0.489. The van der Waals surface area contributed by atoms with Crippen LogP contribution >= 0.6 is 0 Å². The Labute approximate surface area is 149 Å². The maximum absolute atomic E-state index is 14.7. The molecule has 0 aliphatic carbocycles. The number of aromatic nitrogens is 3. The Bertz CT molecular complexity index is 940. The van der Waals surface area contributed by atoms with Gasteiger partial charge in [-0.25, -0.2) is 14.4 Å². The molecule has 26 heavy (non-hydrogen) atoms. The molecule has 3 aromatic rings. The minimum absolute atomic E-state index is 0.0281. The molecule has 9 heteroatoms. The second kappa shape index (κ2) is 7.79. The number of ether oxygens (including phenoxy) is 1. The summed E-state index contributed by atoms with van der Waals surface area (Å²) in [6.07, 6.45) is 2.58. The highest BCUT2D eigenvalue weighted by Gasteiger charge is 2.15. The molecule has 1 aromatic carbocycles. The number of aromatic amines is 1. The van der Waals surface area contributed by atoms with E-state index >= 15 is 0 Å². The van der Waals surface area contributed by atoms with Crippen LogP contribution in [-0.4, -0.2) is 41.4 Å². The number of halogens is 1. The first-order chi connectivity index (χ1) is 12.6. The quantitative estimate of drug-likeness (QED) is 0.340. The van der Waals surface area contributed by atoms with E-state index in [1.165, 1.54) is 18.6 Å². The van der Waals surface area contributed by atoms with E-state index < -0.39 is 5.82 Å². The van der Waals surface area contributed by atoms with Crippen molar-refractivity contribution in [2.45, 2.75) is 6.92 Å². The summed E-state index contributed by atoms with van der Waals surface area (Å²) in [7, 11) is 1.80. The van der Waals surface area contributed by atoms with Gasteiger partial charge in [-0.05, 0) is 32.2 Å². The summed E-state index contributed by atoms with van der Waals surface area (Å²) >= 11 is 0. The van der Waals surface area contributed by atoms with Crippen LogP contribution in [0.2, 0.25) is 0 Å². The van der Waals surface area contributed by atoms with E-state index in [0.717, 1.165) is 5.69 Å². The third-order valence-electron chi connectivity index (χ3n) is 3.62. The summed E-state index contributed by atoms with van der Waals surface area (Å²) in [6, 6.07) is 4.97. The summed E-state index contributed by atoms with van der Waals surface area (Å²) in [6.45, 7) is 2.88. The number of fused-ring (bicyclic) bond motifs is 1. The molecule has 8 nitrogen and oxygen atoms in total. The highest BCUT2D eigenvalue weighted by Crippen LogP contribution is 2.31. The molecule has 0 atom stereocenters. The fourth-order valence-corrected chi connectivity index (χ4v) is 2.36. The maximum Gasteiger partial charge on any atom is 0.233 e. The number of hydrogen-bond acceptors (Lipinski definition) is 7. The normalized spacial score (nSPS) is 11.3. The molecule has 136 valence electrons. The molecule has 0 radical (unpaired) electrons. The molecule has 0 saturated heterocycles. The van der Waals surface area contributed by atoms with E-state index in [1.54, 1.807) is 19.2 Å². The Morgan fingerprint density at radius 3 is 3.04 bits per heavy atom. The van der Waals surface area contributed by atoms with E-state index in [1.807, 2.05) is 6.92 Å². The number of hydrogen-bond donors (Lipinski definition) is 3. The molecule has 0 bridgehead atoms. The Morgan fingerprint density at radius 1 is 1.38 bits per heavy atom. The number of anilines is 1. The van der Waals surface area contributed by atoms with Crippen LogP contribution in [0.15, 0.2) is 29.7 Å². The number of nitrogens with one attached hydrogen (secondary N) is 2. The number of H-pyrrole nitrogens is 1. The molecular weight excluding hydrogens is 339 g/mol. The summed E-state index contributed by atoms with van der Waals surface area (Å²) in [5.41, 5.74) is 7.71. The molecule has 0 aliphatic heterocycles. The fourth-order valence-electron chi connectivity index (χ4n) is 2.36. The lowest BCUT2D eigenvalue weighted by atomic mass is 10.2. The summed E-state index contributed by atoms with van der Waals surface area (Å²) in [4.78, 5) is 16.1. The zero-order valence-corrected chi connectivity index (χ0v) is 14.4. The highest BCUT2D eigenvalue weighted by atomic mass is 19.1. The molecule has 0 saturated carbocycles. The van der Waals surface area contributed by atoms with Crippen LogP contribution in [0.1, 0.15) is 11.3 Å². The lowest BCUT2D eigenvalue weighted by Gasteiger charge is -2.09. The second-order valence-electron chi connectivity index (χ2n) is 5.54. The average molecular weight is 358 g/mol. The number of benzene rings is 1. The van der Waals surface area contributed by atoms with E-state index in [-0.39, 0.29) is 17.4 Å². The molecular formula is C17H19FN6O2.